The summed E-state index contributed by atoms with van der Waals surface area (Å²) >= 11 is 0. The van der Waals surface area contributed by atoms with Crippen molar-refractivity contribution in [3.63, 3.8) is 0 Å². The number of nitrogens with zero attached hydrogens (tertiary/aromatic N) is 6. The Morgan fingerprint density at radius 2 is 1.90 bits per heavy atom. The number of hydrogen-bond acceptors (Lipinski definition) is 8. The van der Waals surface area contributed by atoms with Crippen LogP contribution in [0.4, 0.5) is 11.6 Å². The van der Waals surface area contributed by atoms with E-state index < -0.39 is 5.97 Å². The smallest absolute Gasteiger partial charge is 0.343 e. The minimum absolute atomic E-state index is 0.192. The van der Waals surface area contributed by atoms with Gasteiger partial charge in [-0.25, -0.2) is 14.8 Å². The first-order valence-electron chi connectivity index (χ1n) is 10.6. The highest BCUT2D eigenvalue weighted by Crippen LogP contribution is 2.19. The zero-order valence-electron chi connectivity index (χ0n) is 18.9. The van der Waals surface area contributed by atoms with Crippen molar-refractivity contribution in [2.75, 3.05) is 49.5 Å². The normalized spacial score (nSPS) is 14.7. The van der Waals surface area contributed by atoms with Crippen LogP contribution in [-0.2, 0) is 16.6 Å². The van der Waals surface area contributed by atoms with Crippen LogP contribution in [0.3, 0.4) is 0 Å². The third kappa shape index (κ3) is 5.57. The Kier molecular flexibility index (Phi) is 7.21. The summed E-state index contributed by atoms with van der Waals surface area (Å²) in [5.74, 6) is 1.72. The van der Waals surface area contributed by atoms with Crippen LogP contribution in [0.1, 0.15) is 48.6 Å². The minimum Gasteiger partial charge on any atom is -0.462 e. The lowest BCUT2D eigenvalue weighted by molar-refractivity contribution is -0.117. The second-order valence-electron chi connectivity index (χ2n) is 7.94. The number of amides is 1. The van der Waals surface area contributed by atoms with E-state index in [1.807, 2.05) is 13.0 Å². The zero-order valence-corrected chi connectivity index (χ0v) is 18.9. The Morgan fingerprint density at radius 3 is 2.55 bits per heavy atom. The van der Waals surface area contributed by atoms with Crippen molar-refractivity contribution in [3.05, 3.63) is 29.3 Å². The number of carbonyl (C=O) groups excluding carboxylic acids is 2. The molecule has 10 nitrogen and oxygen atoms in total. The summed E-state index contributed by atoms with van der Waals surface area (Å²) < 4.78 is 6.49. The van der Waals surface area contributed by atoms with E-state index in [9.17, 15) is 9.59 Å². The molecule has 0 unspecified atom stereocenters. The van der Waals surface area contributed by atoms with E-state index in [0.29, 0.717) is 5.82 Å². The molecule has 1 aliphatic rings. The first kappa shape index (κ1) is 22.7. The van der Waals surface area contributed by atoms with E-state index in [0.717, 1.165) is 43.5 Å². The fraction of sp³-hybridized carbons (Fsp3) is 0.571. The molecule has 3 rings (SSSR count). The van der Waals surface area contributed by atoms with Gasteiger partial charge in [-0.3, -0.25) is 14.4 Å². The molecule has 1 aliphatic heterocycles. The largest absolute Gasteiger partial charge is 0.462 e. The van der Waals surface area contributed by atoms with Crippen LogP contribution in [0.25, 0.3) is 0 Å². The number of carbonyl (C=O) groups is 2. The van der Waals surface area contributed by atoms with Crippen molar-refractivity contribution >= 4 is 23.5 Å². The number of ether oxygens (including phenoxy) is 1. The SMILES string of the molecule is CCOC(=O)c1cnn(C)c1NC(=O)CN1CCN(c2cc(C)nc(C(C)C)n2)CC1. The van der Waals surface area contributed by atoms with E-state index >= 15 is 0 Å². The van der Waals surface area contributed by atoms with Gasteiger partial charge in [0.15, 0.2) is 0 Å². The Morgan fingerprint density at radius 1 is 1.19 bits per heavy atom. The van der Waals surface area contributed by atoms with Gasteiger partial charge in [0.1, 0.15) is 23.0 Å². The van der Waals surface area contributed by atoms with Gasteiger partial charge in [0.25, 0.3) is 0 Å². The van der Waals surface area contributed by atoms with Crippen molar-refractivity contribution in [1.29, 1.82) is 0 Å². The molecule has 3 heterocycles. The summed E-state index contributed by atoms with van der Waals surface area (Å²) in [7, 11) is 1.67. The standard InChI is InChI=1S/C21H31N7O3/c1-6-31-21(30)16-12-22-26(5)20(16)25-18(29)13-27-7-9-28(10-8-27)17-11-15(4)23-19(24-17)14(2)3/h11-12,14H,6-10,13H2,1-5H3,(H,25,29). The van der Waals surface area contributed by atoms with Gasteiger partial charge in [-0.15, -0.1) is 0 Å². The number of aryl methyl sites for hydroxylation is 2. The van der Waals surface area contributed by atoms with Crippen LogP contribution in [0.2, 0.25) is 0 Å². The fourth-order valence-corrected chi connectivity index (χ4v) is 3.45. The molecule has 1 amide bonds. The molecule has 0 spiro atoms. The first-order chi connectivity index (χ1) is 14.8. The lowest BCUT2D eigenvalue weighted by Crippen LogP contribution is -2.49. The third-order valence-electron chi connectivity index (χ3n) is 5.13. The highest BCUT2D eigenvalue weighted by atomic mass is 16.5. The number of piperazine rings is 1. The number of esters is 1. The predicted octanol–water partition coefficient (Wildman–Crippen LogP) is 1.58. The number of anilines is 2. The monoisotopic (exact) mass is 429 g/mol. The van der Waals surface area contributed by atoms with E-state index in [2.05, 4.69) is 39.0 Å². The van der Waals surface area contributed by atoms with Gasteiger partial charge in [0, 0.05) is 50.9 Å². The number of nitrogens with one attached hydrogen (secondary N) is 1. The van der Waals surface area contributed by atoms with Gasteiger partial charge in [0.05, 0.1) is 19.3 Å². The predicted molar refractivity (Wildman–Crippen MR) is 117 cm³/mol. The molecule has 2 aromatic rings. The number of hydrogen-bond donors (Lipinski definition) is 1. The molecule has 0 aliphatic carbocycles. The Hall–Kier alpha value is -3.01. The molecule has 0 aromatic carbocycles. The van der Waals surface area contributed by atoms with Crippen LogP contribution >= 0.6 is 0 Å². The zero-order chi connectivity index (χ0) is 22.5. The molecular formula is C21H31N7O3. The molecule has 0 radical (unpaired) electrons. The average molecular weight is 430 g/mol. The van der Waals surface area contributed by atoms with Crippen molar-refractivity contribution in [3.8, 4) is 0 Å². The summed E-state index contributed by atoms with van der Waals surface area (Å²) in [4.78, 5) is 38.2. The van der Waals surface area contributed by atoms with Gasteiger partial charge in [-0.1, -0.05) is 13.8 Å². The minimum atomic E-state index is -0.500. The van der Waals surface area contributed by atoms with Crippen LogP contribution in [0.5, 0.6) is 0 Å². The van der Waals surface area contributed by atoms with Gasteiger partial charge < -0.3 is 15.0 Å². The van der Waals surface area contributed by atoms with Crippen LogP contribution in [-0.4, -0.2) is 75.9 Å². The van der Waals surface area contributed by atoms with E-state index in [4.69, 9.17) is 9.72 Å². The summed E-state index contributed by atoms with van der Waals surface area (Å²) in [5.41, 5.74) is 1.21. The van der Waals surface area contributed by atoms with Crippen LogP contribution < -0.4 is 10.2 Å². The van der Waals surface area contributed by atoms with Gasteiger partial charge in [-0.2, -0.15) is 5.10 Å². The molecule has 1 fully saturated rings. The number of aromatic nitrogens is 4. The molecule has 2 aromatic heterocycles. The molecule has 31 heavy (non-hydrogen) atoms. The van der Waals surface area contributed by atoms with Crippen molar-refractivity contribution in [2.24, 2.45) is 7.05 Å². The maximum absolute atomic E-state index is 12.6. The van der Waals surface area contributed by atoms with E-state index in [1.165, 1.54) is 10.9 Å². The molecule has 168 valence electrons. The lowest BCUT2D eigenvalue weighted by Gasteiger charge is -2.35. The maximum Gasteiger partial charge on any atom is 0.343 e. The molecule has 1 N–H and O–H groups in total. The second kappa shape index (κ2) is 9.86. The quantitative estimate of drug-likeness (QED) is 0.662. The van der Waals surface area contributed by atoms with Gasteiger partial charge in [0.2, 0.25) is 5.91 Å². The summed E-state index contributed by atoms with van der Waals surface area (Å²) in [6, 6.07) is 2.01. The highest BCUT2D eigenvalue weighted by molar-refractivity contribution is 6.00. The average Bonchev–Trinajstić information content (AvgIpc) is 3.08. The maximum atomic E-state index is 12.6. The van der Waals surface area contributed by atoms with Crippen LogP contribution in [0, 0.1) is 6.92 Å². The third-order valence-corrected chi connectivity index (χ3v) is 5.13. The summed E-state index contributed by atoms with van der Waals surface area (Å²) in [5, 5.41) is 6.86. The molecule has 0 atom stereocenters. The van der Waals surface area contributed by atoms with E-state index in [1.54, 1.807) is 14.0 Å². The first-order valence-corrected chi connectivity index (χ1v) is 10.6. The Labute approximate surface area is 182 Å². The highest BCUT2D eigenvalue weighted by Gasteiger charge is 2.23. The van der Waals surface area contributed by atoms with Crippen LogP contribution in [0.15, 0.2) is 12.3 Å². The molecule has 10 heteroatoms. The van der Waals surface area contributed by atoms with E-state index in [-0.39, 0.29) is 30.5 Å². The molecule has 1 saturated heterocycles. The topological polar surface area (TPSA) is 105 Å². The Bertz CT molecular complexity index is 933. The summed E-state index contributed by atoms with van der Waals surface area (Å²) in [6.45, 7) is 11.4. The molecule has 0 bridgehead atoms. The van der Waals surface area contributed by atoms with Gasteiger partial charge >= 0.3 is 5.97 Å². The van der Waals surface area contributed by atoms with Gasteiger partial charge in [-0.05, 0) is 13.8 Å². The molecule has 0 saturated carbocycles. The van der Waals surface area contributed by atoms with Crippen molar-refractivity contribution in [1.82, 2.24) is 24.6 Å². The van der Waals surface area contributed by atoms with Crippen molar-refractivity contribution in [2.45, 2.75) is 33.6 Å². The fourth-order valence-electron chi connectivity index (χ4n) is 3.45. The van der Waals surface area contributed by atoms with Crippen molar-refractivity contribution < 1.29 is 14.3 Å². The molecular weight excluding hydrogens is 398 g/mol. The summed E-state index contributed by atoms with van der Waals surface area (Å²) in [6.07, 6.45) is 1.40. The number of rotatable bonds is 7. The Balaban J connectivity index is 1.57. The lowest BCUT2D eigenvalue weighted by atomic mass is 10.2. The second-order valence-corrected chi connectivity index (χ2v) is 7.94.